The molecular formula is C14H21NO4. The normalized spacial score (nSPS) is 16.7. The standard InChI is InChI=1S/C14H21NO4/c1-9(2)11(16)6-15-7-12(17)10-3-4-13-14(5-10)19-8-18-13/h3-5,9,11-12,15-17H,6-8H2,1-2H3. The molecule has 2 rings (SSSR count). The molecule has 1 aliphatic rings. The Morgan fingerprint density at radius 3 is 2.63 bits per heavy atom. The van der Waals surface area contributed by atoms with Gasteiger partial charge in [0.05, 0.1) is 12.2 Å². The average molecular weight is 267 g/mol. The van der Waals surface area contributed by atoms with E-state index in [1.165, 1.54) is 0 Å². The first-order chi connectivity index (χ1) is 9.08. The average Bonchev–Trinajstić information content (AvgIpc) is 2.85. The van der Waals surface area contributed by atoms with Crippen LogP contribution in [-0.2, 0) is 0 Å². The van der Waals surface area contributed by atoms with Crippen molar-refractivity contribution in [1.82, 2.24) is 5.32 Å². The van der Waals surface area contributed by atoms with Crippen LogP contribution in [0.15, 0.2) is 18.2 Å². The van der Waals surface area contributed by atoms with E-state index in [4.69, 9.17) is 9.47 Å². The minimum atomic E-state index is -0.631. The van der Waals surface area contributed by atoms with E-state index in [2.05, 4.69) is 5.32 Å². The van der Waals surface area contributed by atoms with Crippen molar-refractivity contribution in [3.63, 3.8) is 0 Å². The van der Waals surface area contributed by atoms with Crippen molar-refractivity contribution in [2.75, 3.05) is 19.9 Å². The Bertz CT molecular complexity index is 422. The molecule has 0 fully saturated rings. The van der Waals surface area contributed by atoms with Gasteiger partial charge in [-0.15, -0.1) is 0 Å². The molecule has 5 nitrogen and oxygen atoms in total. The largest absolute Gasteiger partial charge is 0.454 e. The molecule has 1 aromatic carbocycles. The van der Waals surface area contributed by atoms with Crippen molar-refractivity contribution >= 4 is 0 Å². The van der Waals surface area contributed by atoms with Crippen molar-refractivity contribution in [3.8, 4) is 11.5 Å². The van der Waals surface area contributed by atoms with Gasteiger partial charge in [0.15, 0.2) is 11.5 Å². The highest BCUT2D eigenvalue weighted by atomic mass is 16.7. The van der Waals surface area contributed by atoms with Gasteiger partial charge in [-0.25, -0.2) is 0 Å². The Kier molecular flexibility index (Phi) is 4.63. The van der Waals surface area contributed by atoms with Crippen LogP contribution in [-0.4, -0.2) is 36.2 Å². The predicted octanol–water partition coefficient (Wildman–Crippen LogP) is 1.06. The van der Waals surface area contributed by atoms with Gasteiger partial charge in [-0.2, -0.15) is 0 Å². The maximum absolute atomic E-state index is 10.1. The zero-order valence-corrected chi connectivity index (χ0v) is 11.3. The zero-order valence-electron chi connectivity index (χ0n) is 11.3. The van der Waals surface area contributed by atoms with Crippen LogP contribution in [0.5, 0.6) is 11.5 Å². The highest BCUT2D eigenvalue weighted by Gasteiger charge is 2.17. The van der Waals surface area contributed by atoms with E-state index in [0.717, 1.165) is 5.56 Å². The first-order valence-electron chi connectivity index (χ1n) is 6.54. The molecule has 0 aromatic heterocycles. The summed E-state index contributed by atoms with van der Waals surface area (Å²) in [6, 6.07) is 5.40. The lowest BCUT2D eigenvalue weighted by molar-refractivity contribution is 0.113. The summed E-state index contributed by atoms with van der Waals surface area (Å²) < 4.78 is 10.5. The van der Waals surface area contributed by atoms with Gasteiger partial charge in [0.2, 0.25) is 6.79 Å². The summed E-state index contributed by atoms with van der Waals surface area (Å²) in [6.07, 6.45) is -1.03. The van der Waals surface area contributed by atoms with Crippen LogP contribution < -0.4 is 14.8 Å². The van der Waals surface area contributed by atoms with Crippen LogP contribution in [0.3, 0.4) is 0 Å². The minimum Gasteiger partial charge on any atom is -0.454 e. The Labute approximate surface area is 113 Å². The minimum absolute atomic E-state index is 0.204. The second-order valence-electron chi connectivity index (χ2n) is 5.10. The van der Waals surface area contributed by atoms with Gasteiger partial charge < -0.3 is 25.0 Å². The van der Waals surface area contributed by atoms with E-state index in [1.807, 2.05) is 19.9 Å². The number of fused-ring (bicyclic) bond motifs is 1. The van der Waals surface area contributed by atoms with E-state index in [0.29, 0.717) is 24.6 Å². The highest BCUT2D eigenvalue weighted by molar-refractivity contribution is 5.45. The molecule has 1 aromatic rings. The molecule has 3 N–H and O–H groups in total. The van der Waals surface area contributed by atoms with Crippen LogP contribution in [0, 0.1) is 5.92 Å². The van der Waals surface area contributed by atoms with E-state index < -0.39 is 12.2 Å². The lowest BCUT2D eigenvalue weighted by Crippen LogP contribution is -2.33. The number of rotatable bonds is 6. The second-order valence-corrected chi connectivity index (χ2v) is 5.10. The molecule has 0 spiro atoms. The van der Waals surface area contributed by atoms with Crippen LogP contribution in [0.1, 0.15) is 25.5 Å². The number of aliphatic hydroxyl groups is 2. The molecule has 0 amide bonds. The monoisotopic (exact) mass is 267 g/mol. The number of nitrogens with one attached hydrogen (secondary N) is 1. The number of hydrogen-bond acceptors (Lipinski definition) is 5. The van der Waals surface area contributed by atoms with E-state index >= 15 is 0 Å². The fourth-order valence-electron chi connectivity index (χ4n) is 1.84. The van der Waals surface area contributed by atoms with Gasteiger partial charge in [0.1, 0.15) is 0 Å². The van der Waals surface area contributed by atoms with Crippen molar-refractivity contribution < 1.29 is 19.7 Å². The number of ether oxygens (including phenoxy) is 2. The summed E-state index contributed by atoms with van der Waals surface area (Å²) in [5.41, 5.74) is 0.774. The molecule has 1 heterocycles. The summed E-state index contributed by atoms with van der Waals surface area (Å²) in [5, 5.41) is 22.8. The lowest BCUT2D eigenvalue weighted by Gasteiger charge is -2.17. The van der Waals surface area contributed by atoms with Gasteiger partial charge in [-0.05, 0) is 23.6 Å². The topological polar surface area (TPSA) is 71.0 Å². The first-order valence-corrected chi connectivity index (χ1v) is 6.54. The van der Waals surface area contributed by atoms with Crippen LogP contribution in [0.2, 0.25) is 0 Å². The molecule has 0 bridgehead atoms. The third-order valence-electron chi connectivity index (χ3n) is 3.24. The fraction of sp³-hybridized carbons (Fsp3) is 0.571. The molecule has 0 aliphatic carbocycles. The Balaban J connectivity index is 1.84. The third-order valence-corrected chi connectivity index (χ3v) is 3.24. The summed E-state index contributed by atoms with van der Waals surface area (Å²) in [4.78, 5) is 0. The molecule has 2 atom stereocenters. The van der Waals surface area contributed by atoms with Crippen molar-refractivity contribution in [3.05, 3.63) is 23.8 Å². The Hall–Kier alpha value is -1.30. The Morgan fingerprint density at radius 1 is 1.16 bits per heavy atom. The Morgan fingerprint density at radius 2 is 1.89 bits per heavy atom. The molecular weight excluding hydrogens is 246 g/mol. The molecule has 106 valence electrons. The van der Waals surface area contributed by atoms with E-state index in [-0.39, 0.29) is 12.7 Å². The van der Waals surface area contributed by atoms with Gasteiger partial charge in [0, 0.05) is 13.1 Å². The molecule has 2 unspecified atom stereocenters. The third kappa shape index (κ3) is 3.59. The van der Waals surface area contributed by atoms with Crippen LogP contribution in [0.25, 0.3) is 0 Å². The predicted molar refractivity (Wildman–Crippen MR) is 71.2 cm³/mol. The molecule has 0 radical (unpaired) electrons. The van der Waals surface area contributed by atoms with Gasteiger partial charge >= 0.3 is 0 Å². The van der Waals surface area contributed by atoms with Crippen molar-refractivity contribution in [2.24, 2.45) is 5.92 Å². The van der Waals surface area contributed by atoms with Gasteiger partial charge in [0.25, 0.3) is 0 Å². The number of hydrogen-bond donors (Lipinski definition) is 3. The molecule has 19 heavy (non-hydrogen) atoms. The zero-order chi connectivity index (χ0) is 13.8. The summed E-state index contributed by atoms with van der Waals surface area (Å²) in [5.74, 6) is 1.58. The smallest absolute Gasteiger partial charge is 0.231 e. The molecule has 1 aliphatic heterocycles. The van der Waals surface area contributed by atoms with Crippen LogP contribution >= 0.6 is 0 Å². The number of aliphatic hydroxyl groups excluding tert-OH is 2. The number of benzene rings is 1. The summed E-state index contributed by atoms with van der Waals surface area (Å²) in [7, 11) is 0. The molecule has 0 saturated heterocycles. The lowest BCUT2D eigenvalue weighted by atomic mass is 10.1. The maximum atomic E-state index is 10.1. The van der Waals surface area contributed by atoms with E-state index in [9.17, 15) is 10.2 Å². The van der Waals surface area contributed by atoms with Gasteiger partial charge in [-0.1, -0.05) is 19.9 Å². The molecule has 5 heteroatoms. The summed E-state index contributed by atoms with van der Waals surface area (Å²) >= 11 is 0. The van der Waals surface area contributed by atoms with Crippen molar-refractivity contribution in [1.29, 1.82) is 0 Å². The summed E-state index contributed by atoms with van der Waals surface area (Å²) in [6.45, 7) is 5.01. The van der Waals surface area contributed by atoms with Gasteiger partial charge in [-0.3, -0.25) is 0 Å². The van der Waals surface area contributed by atoms with Crippen molar-refractivity contribution in [2.45, 2.75) is 26.1 Å². The fourth-order valence-corrected chi connectivity index (χ4v) is 1.84. The van der Waals surface area contributed by atoms with E-state index in [1.54, 1.807) is 12.1 Å². The SMILES string of the molecule is CC(C)C(O)CNCC(O)c1ccc2c(c1)OCO2. The first kappa shape index (κ1) is 14.1. The second kappa shape index (κ2) is 6.23. The van der Waals surface area contributed by atoms with Crippen LogP contribution in [0.4, 0.5) is 0 Å². The maximum Gasteiger partial charge on any atom is 0.231 e. The highest BCUT2D eigenvalue weighted by Crippen LogP contribution is 2.34. The molecule has 0 saturated carbocycles. The quantitative estimate of drug-likeness (QED) is 0.719.